The van der Waals surface area contributed by atoms with Gasteiger partial charge in [-0.1, -0.05) is 28.1 Å². The number of rotatable bonds is 3. The minimum absolute atomic E-state index is 0.136. The van der Waals surface area contributed by atoms with Crippen LogP contribution in [0.3, 0.4) is 0 Å². The summed E-state index contributed by atoms with van der Waals surface area (Å²) in [6.45, 7) is 0. The van der Waals surface area contributed by atoms with Crippen molar-refractivity contribution < 1.29 is 12.8 Å². The third kappa shape index (κ3) is 3.66. The largest absolute Gasteiger partial charge is 0.263 e. The highest BCUT2D eigenvalue weighted by atomic mass is 79.9. The van der Waals surface area contributed by atoms with E-state index in [2.05, 4.69) is 20.9 Å². The molecule has 1 aromatic heterocycles. The molecule has 3 aromatic rings. The van der Waals surface area contributed by atoms with Gasteiger partial charge in [0.2, 0.25) is 0 Å². The molecule has 0 fully saturated rings. The molecule has 0 spiro atoms. The molecule has 0 N–H and O–H groups in total. The molecule has 0 aliphatic heterocycles. The Morgan fingerprint density at radius 1 is 1.08 bits per heavy atom. The number of aromatic nitrogens is 1. The first-order valence-electron chi connectivity index (χ1n) is 7.44. The lowest BCUT2D eigenvalue weighted by molar-refractivity contribution is 0.602. The van der Waals surface area contributed by atoms with Gasteiger partial charge in [0.05, 0.1) is 10.5 Å². The molecule has 3 rings (SSSR count). The van der Waals surface area contributed by atoms with Crippen molar-refractivity contribution in [1.29, 1.82) is 5.26 Å². The number of benzene rings is 2. The third-order valence-electron chi connectivity index (χ3n) is 3.80. The lowest BCUT2D eigenvalue weighted by Crippen LogP contribution is -1.99. The highest BCUT2D eigenvalue weighted by Gasteiger charge is 2.18. The van der Waals surface area contributed by atoms with Crippen molar-refractivity contribution in [2.45, 2.75) is 4.90 Å². The molecule has 130 valence electrons. The van der Waals surface area contributed by atoms with E-state index in [-0.39, 0.29) is 10.7 Å². The molecule has 0 unspecified atom stereocenters. The molecule has 0 aliphatic carbocycles. The Bertz CT molecular complexity index is 1140. The van der Waals surface area contributed by atoms with Crippen LogP contribution in [0.5, 0.6) is 0 Å². The van der Waals surface area contributed by atoms with Gasteiger partial charge in [-0.2, -0.15) is 5.26 Å². The van der Waals surface area contributed by atoms with Gasteiger partial charge in [0.1, 0.15) is 11.9 Å². The van der Waals surface area contributed by atoms with Gasteiger partial charge < -0.3 is 0 Å². The summed E-state index contributed by atoms with van der Waals surface area (Å²) in [5, 5.41) is 9.12. The molecule has 0 amide bonds. The van der Waals surface area contributed by atoms with E-state index in [0.717, 1.165) is 6.26 Å². The summed E-state index contributed by atoms with van der Waals surface area (Å²) < 4.78 is 37.9. The van der Waals surface area contributed by atoms with Crippen LogP contribution in [0.2, 0.25) is 0 Å². The van der Waals surface area contributed by atoms with Crippen LogP contribution in [0.15, 0.2) is 64.2 Å². The Morgan fingerprint density at radius 2 is 1.77 bits per heavy atom. The van der Waals surface area contributed by atoms with Gasteiger partial charge in [0.15, 0.2) is 9.84 Å². The molecule has 0 radical (unpaired) electrons. The van der Waals surface area contributed by atoms with Gasteiger partial charge >= 0.3 is 0 Å². The van der Waals surface area contributed by atoms with Crippen LogP contribution >= 0.6 is 15.9 Å². The second-order valence-corrected chi connectivity index (χ2v) is 8.55. The lowest BCUT2D eigenvalue weighted by atomic mass is 9.95. The molecular formula is C19H12BrFN2O2S. The Labute approximate surface area is 159 Å². The number of hydrogen-bond donors (Lipinski definition) is 0. The van der Waals surface area contributed by atoms with Crippen molar-refractivity contribution in [3.8, 4) is 28.3 Å². The third-order valence-corrected chi connectivity index (χ3v) is 5.52. The SMILES string of the molecule is CS(=O)(=O)c1cc(Br)c(-c2cncc(C#N)c2)c(-c2ccc(F)cc2)c1. The van der Waals surface area contributed by atoms with Crippen LogP contribution in [0.25, 0.3) is 22.3 Å². The van der Waals surface area contributed by atoms with Crippen LogP contribution in [0, 0.1) is 17.1 Å². The van der Waals surface area contributed by atoms with Crippen LogP contribution in [-0.2, 0) is 9.84 Å². The van der Waals surface area contributed by atoms with Gasteiger partial charge in [-0.05, 0) is 41.5 Å². The maximum absolute atomic E-state index is 13.3. The quantitative estimate of drug-likeness (QED) is 0.608. The minimum Gasteiger partial charge on any atom is -0.263 e. The summed E-state index contributed by atoms with van der Waals surface area (Å²) in [6, 6.07) is 12.5. The van der Waals surface area contributed by atoms with Crippen molar-refractivity contribution in [1.82, 2.24) is 4.98 Å². The monoisotopic (exact) mass is 430 g/mol. The molecule has 7 heteroatoms. The maximum Gasteiger partial charge on any atom is 0.175 e. The van der Waals surface area contributed by atoms with E-state index in [1.165, 1.54) is 24.4 Å². The van der Waals surface area contributed by atoms with Gasteiger partial charge in [0, 0.05) is 34.2 Å². The molecule has 1 heterocycles. The zero-order valence-corrected chi connectivity index (χ0v) is 16.0. The first-order chi connectivity index (χ1) is 12.3. The fraction of sp³-hybridized carbons (Fsp3) is 0.0526. The topological polar surface area (TPSA) is 70.8 Å². The number of hydrogen-bond acceptors (Lipinski definition) is 4. The first-order valence-corrected chi connectivity index (χ1v) is 10.1. The number of nitrogens with zero attached hydrogens (tertiary/aromatic N) is 2. The zero-order valence-electron chi connectivity index (χ0n) is 13.6. The average Bonchev–Trinajstić information content (AvgIpc) is 2.61. The first kappa shape index (κ1) is 18.2. The molecule has 0 saturated carbocycles. The summed E-state index contributed by atoms with van der Waals surface area (Å²) >= 11 is 3.44. The summed E-state index contributed by atoms with van der Waals surface area (Å²) in [7, 11) is -3.45. The van der Waals surface area contributed by atoms with E-state index in [0.29, 0.717) is 32.3 Å². The number of nitriles is 1. The fourth-order valence-corrected chi connectivity index (χ4v) is 4.09. The van der Waals surface area contributed by atoms with Crippen molar-refractivity contribution in [2.75, 3.05) is 6.26 Å². The second kappa shape index (κ2) is 6.98. The summed E-state index contributed by atoms with van der Waals surface area (Å²) in [5.74, 6) is -0.387. The summed E-state index contributed by atoms with van der Waals surface area (Å²) in [6.07, 6.45) is 4.16. The Balaban J connectivity index is 2.36. The van der Waals surface area contributed by atoms with Gasteiger partial charge in [-0.25, -0.2) is 12.8 Å². The van der Waals surface area contributed by atoms with Gasteiger partial charge in [0.25, 0.3) is 0 Å². The predicted molar refractivity (Wildman–Crippen MR) is 101 cm³/mol. The van der Waals surface area contributed by atoms with E-state index < -0.39 is 9.84 Å². The van der Waals surface area contributed by atoms with Crippen molar-refractivity contribution in [3.63, 3.8) is 0 Å². The predicted octanol–water partition coefficient (Wildman–Crippen LogP) is 4.59. The summed E-state index contributed by atoms with van der Waals surface area (Å²) in [4.78, 5) is 4.21. The van der Waals surface area contributed by atoms with Gasteiger partial charge in [-0.15, -0.1) is 0 Å². The van der Waals surface area contributed by atoms with E-state index in [4.69, 9.17) is 5.26 Å². The van der Waals surface area contributed by atoms with Crippen LogP contribution in [0.4, 0.5) is 4.39 Å². The molecule has 2 aromatic carbocycles. The smallest absolute Gasteiger partial charge is 0.175 e. The maximum atomic E-state index is 13.3. The highest BCUT2D eigenvalue weighted by molar-refractivity contribution is 9.10. The van der Waals surface area contributed by atoms with Crippen LogP contribution < -0.4 is 0 Å². The van der Waals surface area contributed by atoms with Gasteiger partial charge in [-0.3, -0.25) is 4.98 Å². The van der Waals surface area contributed by atoms with Crippen molar-refractivity contribution in [2.24, 2.45) is 0 Å². The van der Waals surface area contributed by atoms with Crippen LogP contribution in [0.1, 0.15) is 5.56 Å². The normalized spacial score (nSPS) is 11.2. The average molecular weight is 431 g/mol. The van der Waals surface area contributed by atoms with Crippen LogP contribution in [-0.4, -0.2) is 19.7 Å². The Hall–Kier alpha value is -2.56. The molecule has 0 atom stereocenters. The Kier molecular flexibility index (Phi) is 4.90. The number of pyridine rings is 1. The van der Waals surface area contributed by atoms with Crippen molar-refractivity contribution in [3.05, 3.63) is 70.7 Å². The molecule has 0 aliphatic rings. The van der Waals surface area contributed by atoms with E-state index in [9.17, 15) is 12.8 Å². The second-order valence-electron chi connectivity index (χ2n) is 5.68. The fourth-order valence-electron chi connectivity index (χ4n) is 2.58. The number of sulfone groups is 1. The molecular weight excluding hydrogens is 419 g/mol. The van der Waals surface area contributed by atoms with E-state index >= 15 is 0 Å². The highest BCUT2D eigenvalue weighted by Crippen LogP contribution is 2.40. The zero-order chi connectivity index (χ0) is 18.9. The lowest BCUT2D eigenvalue weighted by Gasteiger charge is -2.15. The van der Waals surface area contributed by atoms with E-state index in [1.807, 2.05) is 6.07 Å². The number of halogens is 2. The standard InChI is InChI=1S/C19H12BrFN2O2S/c1-26(24,25)16-7-17(13-2-4-15(21)5-3-13)19(18(20)8-16)14-6-12(9-22)10-23-11-14/h2-8,10-11H,1H3. The molecule has 0 bridgehead atoms. The minimum atomic E-state index is -3.45. The van der Waals surface area contributed by atoms with E-state index in [1.54, 1.807) is 30.5 Å². The molecule has 4 nitrogen and oxygen atoms in total. The van der Waals surface area contributed by atoms with Crippen molar-refractivity contribution >= 4 is 25.8 Å². The molecule has 0 saturated heterocycles. The Morgan fingerprint density at radius 3 is 2.38 bits per heavy atom. The molecule has 26 heavy (non-hydrogen) atoms. The summed E-state index contributed by atoms with van der Waals surface area (Å²) in [5.41, 5.74) is 2.95.